The molecule has 2 aliphatic rings. The number of aromatic nitrogens is 1. The molecule has 1 unspecified atom stereocenters. The first-order chi connectivity index (χ1) is 15.2. The molecule has 3 aromatic rings. The molecule has 0 spiro atoms. The smallest absolute Gasteiger partial charge is 0.253 e. The quantitative estimate of drug-likeness (QED) is 0.565. The van der Waals surface area contributed by atoms with Crippen molar-refractivity contribution in [3.05, 3.63) is 58.3 Å². The third-order valence-corrected chi connectivity index (χ3v) is 5.90. The van der Waals surface area contributed by atoms with E-state index in [0.29, 0.717) is 47.3 Å². The summed E-state index contributed by atoms with van der Waals surface area (Å²) in [5.41, 5.74) is 1.13. The molecule has 1 atom stereocenters. The fourth-order valence-corrected chi connectivity index (χ4v) is 4.09. The first-order valence-corrected chi connectivity index (χ1v) is 10.7. The van der Waals surface area contributed by atoms with Crippen LogP contribution in [0.1, 0.15) is 24.2 Å². The van der Waals surface area contributed by atoms with Gasteiger partial charge >= 0.3 is 0 Å². The predicted octanol–water partition coefficient (Wildman–Crippen LogP) is 2.91. The summed E-state index contributed by atoms with van der Waals surface area (Å²) < 4.78 is 22.1. The van der Waals surface area contributed by atoms with Gasteiger partial charge < -0.3 is 33.8 Å². The van der Waals surface area contributed by atoms with Gasteiger partial charge in [0.1, 0.15) is 5.76 Å². The number of nitrogens with zero attached hydrogens (tertiary/aromatic N) is 1. The number of nitrogens with one attached hydrogen (secondary N) is 2. The molecule has 8 nitrogen and oxygen atoms in total. The number of hydrogen-bond acceptors (Lipinski definition) is 6. The second-order valence-corrected chi connectivity index (χ2v) is 8.06. The lowest BCUT2D eigenvalue weighted by molar-refractivity contribution is 0.113. The second-order valence-electron chi connectivity index (χ2n) is 7.67. The number of hydrogen-bond donors (Lipinski definition) is 2. The van der Waals surface area contributed by atoms with Gasteiger partial charge in [0.2, 0.25) is 6.79 Å². The summed E-state index contributed by atoms with van der Waals surface area (Å²) >= 11 is 5.66. The SMILES string of the molecule is O=c1[nH]c2cc3c(cc2cc1CN(Cc1ccco1)C(=S)NCC1CCCO1)OCO3. The maximum Gasteiger partial charge on any atom is 0.253 e. The van der Waals surface area contributed by atoms with Gasteiger partial charge in [0.25, 0.3) is 5.56 Å². The molecule has 1 fully saturated rings. The number of thiocarbonyl (C=S) groups is 1. The van der Waals surface area contributed by atoms with E-state index in [1.165, 1.54) is 0 Å². The summed E-state index contributed by atoms with van der Waals surface area (Å²) in [6, 6.07) is 9.26. The van der Waals surface area contributed by atoms with Crippen molar-refractivity contribution in [3.63, 3.8) is 0 Å². The largest absolute Gasteiger partial charge is 0.467 e. The first kappa shape index (κ1) is 19.9. The van der Waals surface area contributed by atoms with Gasteiger partial charge in [-0.15, -0.1) is 0 Å². The monoisotopic (exact) mass is 441 g/mol. The topological polar surface area (TPSA) is 89.0 Å². The summed E-state index contributed by atoms with van der Waals surface area (Å²) in [5.74, 6) is 2.07. The number of benzene rings is 1. The molecule has 0 aliphatic carbocycles. The number of rotatable bonds is 6. The van der Waals surface area contributed by atoms with Crippen LogP contribution in [0.5, 0.6) is 11.5 Å². The van der Waals surface area contributed by atoms with Crippen molar-refractivity contribution < 1.29 is 18.6 Å². The van der Waals surface area contributed by atoms with Crippen molar-refractivity contribution in [1.29, 1.82) is 0 Å². The van der Waals surface area contributed by atoms with E-state index in [4.69, 9.17) is 30.8 Å². The standard InChI is InChI=1S/C22H23N3O5S/c26-21-15(7-14-8-19-20(30-13-29-19)9-18(14)24-21)11-25(12-17-4-2-6-28-17)22(31)23-10-16-3-1-5-27-16/h2,4,6-9,16H,1,3,5,10-13H2,(H,23,31)(H,24,26). The van der Waals surface area contributed by atoms with Gasteiger partial charge in [-0.25, -0.2) is 0 Å². The van der Waals surface area contributed by atoms with E-state index in [0.717, 1.165) is 30.6 Å². The van der Waals surface area contributed by atoms with Crippen LogP contribution in [0.4, 0.5) is 0 Å². The maximum atomic E-state index is 12.8. The molecule has 162 valence electrons. The van der Waals surface area contributed by atoms with Gasteiger partial charge in [0.05, 0.1) is 31.0 Å². The van der Waals surface area contributed by atoms with E-state index < -0.39 is 0 Å². The Morgan fingerprint density at radius 3 is 2.87 bits per heavy atom. The van der Waals surface area contributed by atoms with Crippen LogP contribution in [0.2, 0.25) is 0 Å². The summed E-state index contributed by atoms with van der Waals surface area (Å²) in [6.07, 6.45) is 3.88. The minimum absolute atomic E-state index is 0.164. The highest BCUT2D eigenvalue weighted by atomic mass is 32.1. The Hall–Kier alpha value is -3.04. The van der Waals surface area contributed by atoms with E-state index in [-0.39, 0.29) is 18.5 Å². The molecule has 5 rings (SSSR count). The molecule has 0 radical (unpaired) electrons. The van der Waals surface area contributed by atoms with Crippen molar-refractivity contribution >= 4 is 28.2 Å². The summed E-state index contributed by atoms with van der Waals surface area (Å²) in [6.45, 7) is 2.40. The second kappa shape index (κ2) is 8.60. The number of pyridine rings is 1. The lowest BCUT2D eigenvalue weighted by atomic mass is 10.1. The highest BCUT2D eigenvalue weighted by Crippen LogP contribution is 2.35. The molecule has 0 bridgehead atoms. The van der Waals surface area contributed by atoms with Crippen LogP contribution in [0.3, 0.4) is 0 Å². The zero-order valence-corrected chi connectivity index (χ0v) is 17.7. The normalized spacial score (nSPS) is 17.2. The Kier molecular flexibility index (Phi) is 5.52. The third-order valence-electron chi connectivity index (χ3n) is 5.49. The minimum atomic E-state index is -0.169. The molecule has 1 aromatic carbocycles. The zero-order valence-electron chi connectivity index (χ0n) is 16.9. The molecular formula is C22H23N3O5S. The third kappa shape index (κ3) is 4.38. The molecule has 0 saturated carbocycles. The fraction of sp³-hybridized carbons (Fsp3) is 0.364. The van der Waals surface area contributed by atoms with Gasteiger partial charge in [0, 0.05) is 30.2 Å². The number of ether oxygens (including phenoxy) is 3. The number of aromatic amines is 1. The molecule has 4 heterocycles. The zero-order chi connectivity index (χ0) is 21.2. The van der Waals surface area contributed by atoms with Gasteiger partial charge in [-0.1, -0.05) is 0 Å². The predicted molar refractivity (Wildman–Crippen MR) is 118 cm³/mol. The van der Waals surface area contributed by atoms with Gasteiger partial charge in [0.15, 0.2) is 16.6 Å². The lowest BCUT2D eigenvalue weighted by Crippen LogP contribution is -2.42. The molecule has 0 amide bonds. The van der Waals surface area contributed by atoms with Crippen LogP contribution in [-0.4, -0.2) is 41.0 Å². The van der Waals surface area contributed by atoms with Crippen LogP contribution in [-0.2, 0) is 17.8 Å². The summed E-state index contributed by atoms with van der Waals surface area (Å²) in [5, 5.41) is 4.71. The number of furan rings is 1. The highest BCUT2D eigenvalue weighted by molar-refractivity contribution is 7.80. The van der Waals surface area contributed by atoms with Crippen LogP contribution in [0, 0.1) is 0 Å². The Morgan fingerprint density at radius 2 is 2.10 bits per heavy atom. The van der Waals surface area contributed by atoms with E-state index >= 15 is 0 Å². The van der Waals surface area contributed by atoms with Crippen molar-refractivity contribution in [2.75, 3.05) is 19.9 Å². The van der Waals surface area contributed by atoms with Crippen molar-refractivity contribution in [2.45, 2.75) is 32.0 Å². The van der Waals surface area contributed by atoms with Gasteiger partial charge in [-0.2, -0.15) is 0 Å². The Bertz CT molecular complexity index is 1140. The molecule has 9 heteroatoms. The summed E-state index contributed by atoms with van der Waals surface area (Å²) in [4.78, 5) is 17.7. The molecule has 2 N–H and O–H groups in total. The van der Waals surface area contributed by atoms with Crippen molar-refractivity contribution in [1.82, 2.24) is 15.2 Å². The van der Waals surface area contributed by atoms with E-state index in [9.17, 15) is 4.79 Å². The number of H-pyrrole nitrogens is 1. The molecule has 2 aromatic heterocycles. The van der Waals surface area contributed by atoms with Crippen LogP contribution in [0.15, 0.2) is 45.8 Å². The fourth-order valence-electron chi connectivity index (χ4n) is 3.87. The van der Waals surface area contributed by atoms with Crippen LogP contribution < -0.4 is 20.3 Å². The van der Waals surface area contributed by atoms with Crippen molar-refractivity contribution in [3.8, 4) is 11.5 Å². The van der Waals surface area contributed by atoms with Crippen LogP contribution >= 0.6 is 12.2 Å². The van der Waals surface area contributed by atoms with Gasteiger partial charge in [-0.3, -0.25) is 4.79 Å². The first-order valence-electron chi connectivity index (χ1n) is 10.3. The Balaban J connectivity index is 1.38. The average molecular weight is 442 g/mol. The molecule has 1 saturated heterocycles. The van der Waals surface area contributed by atoms with E-state index in [1.54, 1.807) is 12.3 Å². The van der Waals surface area contributed by atoms with Crippen molar-refractivity contribution in [2.24, 2.45) is 0 Å². The average Bonchev–Trinajstić information content (AvgIpc) is 3.53. The maximum absolute atomic E-state index is 12.8. The van der Waals surface area contributed by atoms with Gasteiger partial charge in [-0.05, 0) is 49.3 Å². The Morgan fingerprint density at radius 1 is 1.23 bits per heavy atom. The molecular weight excluding hydrogens is 418 g/mol. The minimum Gasteiger partial charge on any atom is -0.467 e. The van der Waals surface area contributed by atoms with Crippen LogP contribution in [0.25, 0.3) is 10.9 Å². The summed E-state index contributed by atoms with van der Waals surface area (Å²) in [7, 11) is 0. The lowest BCUT2D eigenvalue weighted by Gasteiger charge is -2.26. The number of fused-ring (bicyclic) bond motifs is 2. The molecule has 31 heavy (non-hydrogen) atoms. The van der Waals surface area contributed by atoms with E-state index in [1.807, 2.05) is 29.2 Å². The van der Waals surface area contributed by atoms with E-state index in [2.05, 4.69) is 10.3 Å². The highest BCUT2D eigenvalue weighted by Gasteiger charge is 2.20. The Labute approximate surface area is 184 Å². The molecule has 2 aliphatic heterocycles.